The number of aliphatic hydroxyl groups excluding tert-OH is 1. The highest BCUT2D eigenvalue weighted by Crippen LogP contribution is 2.33. The molecule has 1 heterocycles. The summed E-state index contributed by atoms with van der Waals surface area (Å²) in [6.07, 6.45) is 0. The van der Waals surface area contributed by atoms with Gasteiger partial charge in [-0.15, -0.1) is 0 Å². The molecule has 0 radical (unpaired) electrons. The number of nitrogens with zero attached hydrogens (tertiary/aromatic N) is 1. The Morgan fingerprint density at radius 1 is 1.21 bits per heavy atom. The van der Waals surface area contributed by atoms with E-state index in [2.05, 4.69) is 4.90 Å². The third kappa shape index (κ3) is 3.07. The molecular weight excluding hydrogens is 245 g/mol. The first-order chi connectivity index (χ1) is 8.74. The summed E-state index contributed by atoms with van der Waals surface area (Å²) < 4.78 is 19.8. The predicted octanol–water partition coefficient (Wildman–Crippen LogP) is 2.71. The van der Waals surface area contributed by atoms with Gasteiger partial charge in [0.25, 0.3) is 0 Å². The Bertz CT molecular complexity index is 455. The average molecular weight is 267 g/mol. The molecule has 4 heteroatoms. The highest BCUT2D eigenvalue weighted by atomic mass is 19.1. The van der Waals surface area contributed by atoms with Crippen LogP contribution < -0.4 is 4.90 Å². The van der Waals surface area contributed by atoms with Gasteiger partial charge in [-0.3, -0.25) is 0 Å². The van der Waals surface area contributed by atoms with Crippen LogP contribution in [-0.4, -0.2) is 29.4 Å². The van der Waals surface area contributed by atoms with E-state index >= 15 is 0 Å². The third-order valence-electron chi connectivity index (χ3n) is 3.29. The zero-order valence-electron chi connectivity index (χ0n) is 12.0. The van der Waals surface area contributed by atoms with Gasteiger partial charge in [-0.2, -0.15) is 0 Å². The van der Waals surface area contributed by atoms with Gasteiger partial charge in [0.05, 0.1) is 17.8 Å². The minimum atomic E-state index is -0.359. The van der Waals surface area contributed by atoms with Crippen molar-refractivity contribution in [1.29, 1.82) is 0 Å². The SMILES string of the molecule is CC1(C)CN(c2cccc(F)c2CO)CC(C)(C)O1. The number of benzene rings is 1. The molecule has 0 atom stereocenters. The Kier molecular flexibility index (Phi) is 3.58. The second-order valence-corrected chi connectivity index (χ2v) is 6.37. The molecule has 1 aromatic rings. The number of hydrogen-bond acceptors (Lipinski definition) is 3. The first-order valence-electron chi connectivity index (χ1n) is 6.57. The lowest BCUT2D eigenvalue weighted by Gasteiger charge is -2.48. The Hall–Kier alpha value is -1.13. The summed E-state index contributed by atoms with van der Waals surface area (Å²) >= 11 is 0. The lowest BCUT2D eigenvalue weighted by molar-refractivity contribution is -0.133. The molecular formula is C15H22FNO2. The van der Waals surface area contributed by atoms with Crippen molar-refractivity contribution in [1.82, 2.24) is 0 Å². The van der Waals surface area contributed by atoms with E-state index in [1.54, 1.807) is 6.07 Å². The zero-order chi connectivity index (χ0) is 14.3. The van der Waals surface area contributed by atoms with Gasteiger partial charge >= 0.3 is 0 Å². The molecule has 2 rings (SSSR count). The van der Waals surface area contributed by atoms with Crippen LogP contribution in [0.5, 0.6) is 0 Å². The monoisotopic (exact) mass is 267 g/mol. The number of ether oxygens (including phenoxy) is 1. The van der Waals surface area contributed by atoms with Crippen LogP contribution in [0.4, 0.5) is 10.1 Å². The maximum atomic E-state index is 13.8. The molecule has 106 valence electrons. The summed E-state index contributed by atoms with van der Waals surface area (Å²) in [4.78, 5) is 2.10. The summed E-state index contributed by atoms with van der Waals surface area (Å²) in [7, 11) is 0. The van der Waals surface area contributed by atoms with Crippen molar-refractivity contribution in [3.8, 4) is 0 Å². The highest BCUT2D eigenvalue weighted by molar-refractivity contribution is 5.55. The quantitative estimate of drug-likeness (QED) is 0.894. The van der Waals surface area contributed by atoms with Crippen LogP contribution in [0.2, 0.25) is 0 Å². The van der Waals surface area contributed by atoms with E-state index in [4.69, 9.17) is 4.74 Å². The van der Waals surface area contributed by atoms with E-state index in [1.165, 1.54) is 6.07 Å². The van der Waals surface area contributed by atoms with E-state index in [1.807, 2.05) is 33.8 Å². The summed E-state index contributed by atoms with van der Waals surface area (Å²) in [5.74, 6) is -0.359. The van der Waals surface area contributed by atoms with E-state index in [0.717, 1.165) is 5.69 Å². The van der Waals surface area contributed by atoms with Crippen molar-refractivity contribution in [2.24, 2.45) is 0 Å². The lowest BCUT2D eigenvalue weighted by atomic mass is 9.97. The van der Waals surface area contributed by atoms with Crippen LogP contribution in [0.25, 0.3) is 0 Å². The summed E-state index contributed by atoms with van der Waals surface area (Å²) in [5.41, 5.74) is 0.504. The van der Waals surface area contributed by atoms with E-state index in [9.17, 15) is 9.50 Å². The van der Waals surface area contributed by atoms with Crippen LogP contribution in [0, 0.1) is 5.82 Å². The van der Waals surface area contributed by atoms with E-state index in [0.29, 0.717) is 18.7 Å². The van der Waals surface area contributed by atoms with Crippen molar-refractivity contribution in [2.75, 3.05) is 18.0 Å². The second kappa shape index (κ2) is 4.76. The van der Waals surface area contributed by atoms with Gasteiger partial charge in [0.1, 0.15) is 5.82 Å². The van der Waals surface area contributed by atoms with Gasteiger partial charge in [-0.1, -0.05) is 6.07 Å². The van der Waals surface area contributed by atoms with E-state index < -0.39 is 0 Å². The van der Waals surface area contributed by atoms with Gasteiger partial charge in [0.2, 0.25) is 0 Å². The largest absolute Gasteiger partial charge is 0.391 e. The fourth-order valence-electron chi connectivity index (χ4n) is 2.96. The smallest absolute Gasteiger partial charge is 0.130 e. The summed E-state index contributed by atoms with van der Waals surface area (Å²) in [5, 5.41) is 9.39. The fourth-order valence-corrected chi connectivity index (χ4v) is 2.96. The molecule has 1 aromatic carbocycles. The molecule has 0 unspecified atom stereocenters. The molecule has 1 aliphatic rings. The number of aliphatic hydroxyl groups is 1. The van der Waals surface area contributed by atoms with Crippen LogP contribution in [-0.2, 0) is 11.3 Å². The lowest BCUT2D eigenvalue weighted by Crippen LogP contribution is -2.57. The Balaban J connectivity index is 2.39. The molecule has 1 saturated heterocycles. The van der Waals surface area contributed by atoms with Crippen molar-refractivity contribution in [3.63, 3.8) is 0 Å². The normalized spacial score (nSPS) is 21.5. The molecule has 0 amide bonds. The maximum Gasteiger partial charge on any atom is 0.130 e. The van der Waals surface area contributed by atoms with Gasteiger partial charge in [0.15, 0.2) is 0 Å². The zero-order valence-corrected chi connectivity index (χ0v) is 12.0. The fraction of sp³-hybridized carbons (Fsp3) is 0.600. The van der Waals surface area contributed by atoms with Gasteiger partial charge in [-0.05, 0) is 39.8 Å². The minimum Gasteiger partial charge on any atom is -0.391 e. The molecule has 0 saturated carbocycles. The third-order valence-corrected chi connectivity index (χ3v) is 3.29. The summed E-state index contributed by atoms with van der Waals surface area (Å²) in [6, 6.07) is 4.91. The predicted molar refractivity (Wildman–Crippen MR) is 73.8 cm³/mol. The molecule has 0 spiro atoms. The Morgan fingerprint density at radius 3 is 2.32 bits per heavy atom. The number of halogens is 1. The number of hydrogen-bond donors (Lipinski definition) is 1. The maximum absolute atomic E-state index is 13.8. The standard InChI is InChI=1S/C15H22FNO2/c1-14(2)9-17(10-15(3,4)19-14)13-7-5-6-12(16)11(13)8-18/h5-7,18H,8-10H2,1-4H3. The van der Waals surface area contributed by atoms with Crippen molar-refractivity contribution in [3.05, 3.63) is 29.6 Å². The minimum absolute atomic E-state index is 0.291. The van der Waals surface area contributed by atoms with Crippen LogP contribution in [0.3, 0.4) is 0 Å². The van der Waals surface area contributed by atoms with Crippen molar-refractivity contribution < 1.29 is 14.2 Å². The molecule has 1 N–H and O–H groups in total. The van der Waals surface area contributed by atoms with Crippen LogP contribution in [0.15, 0.2) is 18.2 Å². The van der Waals surface area contributed by atoms with Crippen LogP contribution >= 0.6 is 0 Å². The Morgan fingerprint density at radius 2 is 1.79 bits per heavy atom. The number of anilines is 1. The molecule has 0 bridgehead atoms. The average Bonchev–Trinajstić information content (AvgIpc) is 2.24. The van der Waals surface area contributed by atoms with Crippen molar-refractivity contribution in [2.45, 2.75) is 45.5 Å². The van der Waals surface area contributed by atoms with Crippen molar-refractivity contribution >= 4 is 5.69 Å². The molecule has 0 aromatic heterocycles. The second-order valence-electron chi connectivity index (χ2n) is 6.37. The first kappa shape index (κ1) is 14.3. The molecule has 3 nitrogen and oxygen atoms in total. The topological polar surface area (TPSA) is 32.7 Å². The van der Waals surface area contributed by atoms with E-state index in [-0.39, 0.29) is 23.6 Å². The number of rotatable bonds is 2. The molecule has 1 fully saturated rings. The van der Waals surface area contributed by atoms with Crippen LogP contribution in [0.1, 0.15) is 33.3 Å². The van der Waals surface area contributed by atoms with Gasteiger partial charge < -0.3 is 14.7 Å². The Labute approximate surface area is 114 Å². The highest BCUT2D eigenvalue weighted by Gasteiger charge is 2.38. The summed E-state index contributed by atoms with van der Waals surface area (Å²) in [6.45, 7) is 9.16. The molecule has 1 aliphatic heterocycles. The van der Waals surface area contributed by atoms with Gasteiger partial charge in [0, 0.05) is 24.3 Å². The first-order valence-corrected chi connectivity index (χ1v) is 6.57. The molecule has 19 heavy (non-hydrogen) atoms. The number of morpholine rings is 1. The van der Waals surface area contributed by atoms with Gasteiger partial charge in [-0.25, -0.2) is 4.39 Å². The molecule has 0 aliphatic carbocycles.